The van der Waals surface area contributed by atoms with E-state index in [4.69, 9.17) is 14.2 Å². The summed E-state index contributed by atoms with van der Waals surface area (Å²) in [6.45, 7) is -2.81. The van der Waals surface area contributed by atoms with Crippen molar-refractivity contribution in [1.82, 2.24) is 14.5 Å². The Bertz CT molecular complexity index is 749. The Morgan fingerprint density at radius 2 is 1.76 bits per heavy atom. The van der Waals surface area contributed by atoms with Gasteiger partial charge in [0.15, 0.2) is 11.5 Å². The first-order valence-corrected chi connectivity index (χ1v) is 7.28. The third-order valence-corrected chi connectivity index (χ3v) is 3.62. The van der Waals surface area contributed by atoms with Crippen molar-refractivity contribution in [2.24, 2.45) is 0 Å². The maximum absolute atomic E-state index is 12.9. The smallest absolute Gasteiger partial charge is 0.319 e. The second kappa shape index (κ2) is 7.82. The average molecular weight is 355 g/mol. The predicted octanol–water partition coefficient (Wildman–Crippen LogP) is 2.58. The minimum absolute atomic E-state index is 0.0743. The monoisotopic (exact) mass is 355 g/mol. The predicted molar refractivity (Wildman–Crippen MR) is 85.4 cm³/mol. The first kappa shape index (κ1) is 18.5. The van der Waals surface area contributed by atoms with Gasteiger partial charge in [0.1, 0.15) is 11.6 Å². The number of imidazole rings is 1. The lowest BCUT2D eigenvalue weighted by molar-refractivity contribution is 0.0611. The van der Waals surface area contributed by atoms with Gasteiger partial charge in [0.2, 0.25) is 0 Å². The fraction of sp³-hybridized carbons (Fsp3) is 0.375. The first-order chi connectivity index (χ1) is 11.9. The van der Waals surface area contributed by atoms with Crippen molar-refractivity contribution >= 4 is 5.91 Å². The van der Waals surface area contributed by atoms with Crippen molar-refractivity contribution in [3.8, 4) is 17.2 Å². The molecule has 0 saturated heterocycles. The van der Waals surface area contributed by atoms with E-state index in [1.54, 1.807) is 0 Å². The zero-order valence-electron chi connectivity index (χ0n) is 14.3. The van der Waals surface area contributed by atoms with E-state index >= 15 is 0 Å². The number of alkyl halides is 2. The number of rotatable bonds is 7. The summed E-state index contributed by atoms with van der Waals surface area (Å²) in [5.41, 5.74) is 0.220. The number of aromatic nitrogens is 2. The van der Waals surface area contributed by atoms with Crippen molar-refractivity contribution in [1.29, 1.82) is 0 Å². The number of nitrogens with zero attached hydrogens (tertiary/aromatic N) is 3. The van der Waals surface area contributed by atoms with Crippen LogP contribution in [0.1, 0.15) is 22.7 Å². The highest BCUT2D eigenvalue weighted by molar-refractivity contribution is 5.97. The quantitative estimate of drug-likeness (QED) is 0.764. The number of amides is 1. The summed E-state index contributed by atoms with van der Waals surface area (Å²) < 4.78 is 42.1. The molecule has 0 N–H and O–H groups in total. The lowest BCUT2D eigenvalue weighted by Crippen LogP contribution is -2.28. The van der Waals surface area contributed by atoms with Gasteiger partial charge in [-0.1, -0.05) is 0 Å². The van der Waals surface area contributed by atoms with E-state index in [1.165, 1.54) is 51.6 Å². The molecule has 0 bridgehead atoms. The number of benzene rings is 1. The van der Waals surface area contributed by atoms with Crippen LogP contribution in [0, 0.1) is 0 Å². The Hall–Kier alpha value is -2.84. The zero-order chi connectivity index (χ0) is 18.6. The van der Waals surface area contributed by atoms with Crippen LogP contribution < -0.4 is 14.2 Å². The van der Waals surface area contributed by atoms with Crippen LogP contribution in [0.2, 0.25) is 0 Å². The summed E-state index contributed by atoms with van der Waals surface area (Å²) in [6, 6.07) is 3.01. The Morgan fingerprint density at radius 1 is 1.16 bits per heavy atom. The van der Waals surface area contributed by atoms with Crippen LogP contribution in [0.15, 0.2) is 24.5 Å². The molecule has 7 nitrogen and oxygen atoms in total. The molecule has 0 saturated carbocycles. The molecule has 0 fully saturated rings. The van der Waals surface area contributed by atoms with Gasteiger partial charge in [-0.15, -0.1) is 0 Å². The fourth-order valence-corrected chi connectivity index (χ4v) is 2.33. The molecule has 2 aromatic rings. The van der Waals surface area contributed by atoms with Gasteiger partial charge in [-0.2, -0.15) is 8.78 Å². The van der Waals surface area contributed by atoms with Crippen molar-refractivity contribution in [3.63, 3.8) is 0 Å². The standard InChI is InChI=1S/C16H19F2N3O4/c1-20(9-14-19-5-6-21(14)16(17)18)15(22)10-7-12(24-3)13(25-4)8-11(10)23-2/h5-8,16H,9H2,1-4H3. The third-order valence-electron chi connectivity index (χ3n) is 3.62. The van der Waals surface area contributed by atoms with Crippen molar-refractivity contribution in [3.05, 3.63) is 35.9 Å². The van der Waals surface area contributed by atoms with Crippen LogP contribution in [0.4, 0.5) is 8.78 Å². The summed E-state index contributed by atoms with van der Waals surface area (Å²) in [6.07, 6.45) is 2.42. The van der Waals surface area contributed by atoms with E-state index in [2.05, 4.69) is 4.98 Å². The molecular weight excluding hydrogens is 336 g/mol. The second-order valence-electron chi connectivity index (χ2n) is 5.10. The number of hydrogen-bond donors (Lipinski definition) is 0. The van der Waals surface area contributed by atoms with Crippen LogP contribution in [0.5, 0.6) is 17.2 Å². The molecule has 1 aromatic heterocycles. The van der Waals surface area contributed by atoms with Crippen molar-refractivity contribution in [2.75, 3.05) is 28.4 Å². The molecule has 0 atom stereocenters. The lowest BCUT2D eigenvalue weighted by Gasteiger charge is -2.20. The Kier molecular flexibility index (Phi) is 5.79. The van der Waals surface area contributed by atoms with E-state index in [0.717, 1.165) is 6.20 Å². The molecule has 1 amide bonds. The highest BCUT2D eigenvalue weighted by Crippen LogP contribution is 2.35. The maximum Gasteiger partial charge on any atom is 0.319 e. The highest BCUT2D eigenvalue weighted by Gasteiger charge is 2.22. The van der Waals surface area contributed by atoms with Crippen molar-refractivity contribution < 1.29 is 27.8 Å². The Morgan fingerprint density at radius 3 is 2.32 bits per heavy atom. The SMILES string of the molecule is COc1cc(OC)c(C(=O)N(C)Cc2nccn2C(F)F)cc1OC. The van der Waals surface area contributed by atoms with Gasteiger partial charge in [0.25, 0.3) is 5.91 Å². The van der Waals surface area contributed by atoms with Gasteiger partial charge in [0, 0.05) is 31.6 Å². The molecule has 0 aliphatic carbocycles. The van der Waals surface area contributed by atoms with Gasteiger partial charge >= 0.3 is 6.55 Å². The zero-order valence-corrected chi connectivity index (χ0v) is 14.3. The molecule has 2 rings (SSSR count). The van der Waals surface area contributed by atoms with Crippen LogP contribution in [-0.2, 0) is 6.54 Å². The highest BCUT2D eigenvalue weighted by atomic mass is 19.3. The number of hydrogen-bond acceptors (Lipinski definition) is 5. The van der Waals surface area contributed by atoms with Gasteiger partial charge in [0.05, 0.1) is 33.4 Å². The molecule has 1 heterocycles. The maximum atomic E-state index is 12.9. The molecule has 0 spiro atoms. The van der Waals surface area contributed by atoms with E-state index in [1.807, 2.05) is 0 Å². The van der Waals surface area contributed by atoms with Crippen LogP contribution in [0.25, 0.3) is 0 Å². The van der Waals surface area contributed by atoms with Crippen LogP contribution >= 0.6 is 0 Å². The second-order valence-corrected chi connectivity index (χ2v) is 5.10. The molecular formula is C16H19F2N3O4. The minimum Gasteiger partial charge on any atom is -0.496 e. The normalized spacial score (nSPS) is 10.7. The number of methoxy groups -OCH3 is 3. The molecule has 0 unspecified atom stereocenters. The fourth-order valence-electron chi connectivity index (χ4n) is 2.33. The number of carbonyl (C=O) groups is 1. The minimum atomic E-state index is -2.73. The van der Waals surface area contributed by atoms with E-state index in [9.17, 15) is 13.6 Å². The summed E-state index contributed by atoms with van der Waals surface area (Å²) >= 11 is 0. The molecule has 0 aliphatic heterocycles. The third kappa shape index (κ3) is 3.81. The molecule has 25 heavy (non-hydrogen) atoms. The molecule has 9 heteroatoms. The van der Waals surface area contributed by atoms with E-state index in [0.29, 0.717) is 16.1 Å². The first-order valence-electron chi connectivity index (χ1n) is 7.28. The van der Waals surface area contributed by atoms with Crippen LogP contribution in [0.3, 0.4) is 0 Å². The van der Waals surface area contributed by atoms with Gasteiger partial charge < -0.3 is 19.1 Å². The molecule has 0 aliphatic rings. The van der Waals surface area contributed by atoms with Gasteiger partial charge in [-0.05, 0) is 0 Å². The molecule has 136 valence electrons. The van der Waals surface area contributed by atoms with E-state index < -0.39 is 12.5 Å². The summed E-state index contributed by atoms with van der Waals surface area (Å²) in [7, 11) is 5.82. The molecule has 1 aromatic carbocycles. The summed E-state index contributed by atoms with van der Waals surface area (Å²) in [5.74, 6) is 0.694. The summed E-state index contributed by atoms with van der Waals surface area (Å²) in [4.78, 5) is 17.9. The Balaban J connectivity index is 2.31. The van der Waals surface area contributed by atoms with E-state index in [-0.39, 0.29) is 23.7 Å². The molecule has 0 radical (unpaired) electrons. The largest absolute Gasteiger partial charge is 0.496 e. The van der Waals surface area contributed by atoms with Crippen molar-refractivity contribution in [2.45, 2.75) is 13.1 Å². The number of halogens is 2. The Labute approximate surface area is 143 Å². The number of ether oxygens (including phenoxy) is 3. The van der Waals surface area contributed by atoms with Gasteiger partial charge in [-0.25, -0.2) is 4.98 Å². The summed E-state index contributed by atoms with van der Waals surface area (Å²) in [5, 5.41) is 0. The topological polar surface area (TPSA) is 65.8 Å². The van der Waals surface area contributed by atoms with Gasteiger partial charge in [-0.3, -0.25) is 9.36 Å². The number of carbonyl (C=O) groups excluding carboxylic acids is 1. The average Bonchev–Trinajstić information content (AvgIpc) is 3.08. The lowest BCUT2D eigenvalue weighted by atomic mass is 10.1. The van der Waals surface area contributed by atoms with Crippen LogP contribution in [-0.4, -0.2) is 48.7 Å².